The first-order chi connectivity index (χ1) is 12.4. The molecule has 0 saturated heterocycles. The molecule has 26 heavy (non-hydrogen) atoms. The third-order valence-electron chi connectivity index (χ3n) is 4.33. The molecule has 0 aromatic heterocycles. The number of esters is 1. The Morgan fingerprint density at radius 2 is 2.15 bits per heavy atom. The van der Waals surface area contributed by atoms with Gasteiger partial charge in [-0.05, 0) is 25.0 Å². The van der Waals surface area contributed by atoms with Gasteiger partial charge in [0.15, 0.2) is 0 Å². The summed E-state index contributed by atoms with van der Waals surface area (Å²) in [5.41, 5.74) is 0.330. The number of nitrogens with zero attached hydrogens (tertiary/aromatic N) is 1. The fraction of sp³-hybridized carbons (Fsp3) is 0.250. The van der Waals surface area contributed by atoms with E-state index in [1.54, 1.807) is 31.2 Å². The van der Waals surface area contributed by atoms with Crippen LogP contribution in [0.25, 0.3) is 0 Å². The first-order valence-electron chi connectivity index (χ1n) is 7.99. The summed E-state index contributed by atoms with van der Waals surface area (Å²) in [6, 6.07) is 9.43. The van der Waals surface area contributed by atoms with Gasteiger partial charge in [-0.2, -0.15) is 5.26 Å². The van der Waals surface area contributed by atoms with Crippen molar-refractivity contribution in [3.63, 3.8) is 0 Å². The van der Waals surface area contributed by atoms with Crippen molar-refractivity contribution in [1.29, 1.82) is 5.26 Å². The van der Waals surface area contributed by atoms with E-state index in [1.807, 2.05) is 6.07 Å². The van der Waals surface area contributed by atoms with E-state index < -0.39 is 17.3 Å². The number of carbonyl (C=O) groups is 1. The number of allylic oxidation sites excluding steroid dienone is 2. The number of hydrogen-bond donors (Lipinski definition) is 1. The van der Waals surface area contributed by atoms with Crippen LogP contribution in [-0.4, -0.2) is 17.6 Å². The maximum absolute atomic E-state index is 12.8. The molecule has 0 aliphatic carbocycles. The summed E-state index contributed by atoms with van der Waals surface area (Å²) < 4.78 is 5.27. The Hall–Kier alpha value is -2.42. The molecule has 1 aromatic rings. The second kappa shape index (κ2) is 8.31. The predicted molar refractivity (Wildman–Crippen MR) is 107 cm³/mol. The maximum Gasteiger partial charge on any atom is 0.336 e. The molecule has 0 fully saturated rings. The first-order valence-corrected chi connectivity index (χ1v) is 8.78. The summed E-state index contributed by atoms with van der Waals surface area (Å²) in [6.07, 6.45) is 3.37. The highest BCUT2D eigenvalue weighted by atomic mass is 35.5. The molecule has 1 heterocycles. The summed E-state index contributed by atoms with van der Waals surface area (Å²) in [5.74, 6) is -1.21. The number of thiocarbonyl (C=S) groups is 1. The zero-order chi connectivity index (χ0) is 19.3. The SMILES string of the molecule is C=CCOC(=O)C1=C(C)NC(=S)[C@](C#N)(CC=C)[C@H]1c1ccccc1Cl. The van der Waals surface area contributed by atoms with Crippen molar-refractivity contribution < 1.29 is 9.53 Å². The molecule has 1 aliphatic heterocycles. The number of rotatable bonds is 6. The topological polar surface area (TPSA) is 62.1 Å². The number of carbonyl (C=O) groups excluding carboxylic acids is 1. The van der Waals surface area contributed by atoms with Crippen LogP contribution < -0.4 is 5.32 Å². The average Bonchev–Trinajstić information content (AvgIpc) is 2.62. The van der Waals surface area contributed by atoms with Crippen molar-refractivity contribution in [3.05, 3.63) is 71.4 Å². The van der Waals surface area contributed by atoms with Crippen molar-refractivity contribution in [2.75, 3.05) is 6.61 Å². The number of ether oxygens (including phenoxy) is 1. The minimum absolute atomic E-state index is 0.0658. The zero-order valence-corrected chi connectivity index (χ0v) is 16.0. The highest BCUT2D eigenvalue weighted by Crippen LogP contribution is 2.50. The van der Waals surface area contributed by atoms with E-state index in [4.69, 9.17) is 28.6 Å². The van der Waals surface area contributed by atoms with Crippen LogP contribution in [0.1, 0.15) is 24.8 Å². The standard InChI is InChI=1S/C20H19ClN2O2S/c1-4-10-20(12-22)17(14-8-6-7-9-15(14)21)16(13(3)23-19(20)26)18(24)25-11-5-2/h4-9,17H,1-2,10-11H2,3H3,(H,23,26)/t17-,20-/m0/s1. The molecule has 0 unspecified atom stereocenters. The quantitative estimate of drug-likeness (QED) is 0.444. The third-order valence-corrected chi connectivity index (χ3v) is 5.14. The van der Waals surface area contributed by atoms with Gasteiger partial charge in [0.05, 0.1) is 11.6 Å². The van der Waals surface area contributed by atoms with Gasteiger partial charge in [-0.15, -0.1) is 6.58 Å². The second-order valence-corrected chi connectivity index (χ2v) is 6.73. The van der Waals surface area contributed by atoms with Gasteiger partial charge >= 0.3 is 5.97 Å². The molecular formula is C20H19ClN2O2S. The van der Waals surface area contributed by atoms with Gasteiger partial charge < -0.3 is 10.1 Å². The van der Waals surface area contributed by atoms with E-state index in [0.717, 1.165) is 0 Å². The predicted octanol–water partition coefficient (Wildman–Crippen LogP) is 4.44. The van der Waals surface area contributed by atoms with Gasteiger partial charge in [0.25, 0.3) is 0 Å². The van der Waals surface area contributed by atoms with E-state index in [1.165, 1.54) is 6.08 Å². The van der Waals surface area contributed by atoms with E-state index in [2.05, 4.69) is 24.5 Å². The molecule has 1 aromatic carbocycles. The van der Waals surface area contributed by atoms with Gasteiger partial charge in [0.1, 0.15) is 17.0 Å². The van der Waals surface area contributed by atoms with Crippen LogP contribution in [0.4, 0.5) is 0 Å². The van der Waals surface area contributed by atoms with Crippen LogP contribution >= 0.6 is 23.8 Å². The Kier molecular flexibility index (Phi) is 6.36. The third kappa shape index (κ3) is 3.44. The smallest absolute Gasteiger partial charge is 0.336 e. The highest BCUT2D eigenvalue weighted by Gasteiger charge is 2.51. The van der Waals surface area contributed by atoms with E-state index in [0.29, 0.717) is 26.8 Å². The zero-order valence-electron chi connectivity index (χ0n) is 14.4. The van der Waals surface area contributed by atoms with E-state index >= 15 is 0 Å². The fourth-order valence-corrected chi connectivity index (χ4v) is 3.80. The molecular weight excluding hydrogens is 368 g/mol. The average molecular weight is 387 g/mol. The Morgan fingerprint density at radius 1 is 1.46 bits per heavy atom. The minimum Gasteiger partial charge on any atom is -0.458 e. The molecule has 0 radical (unpaired) electrons. The van der Waals surface area contributed by atoms with Crippen LogP contribution in [0.3, 0.4) is 0 Å². The minimum atomic E-state index is -1.19. The summed E-state index contributed by atoms with van der Waals surface area (Å²) in [6.45, 7) is 9.11. The molecule has 1 aliphatic rings. The fourth-order valence-electron chi connectivity index (χ4n) is 3.16. The van der Waals surface area contributed by atoms with E-state index in [-0.39, 0.29) is 13.0 Å². The Morgan fingerprint density at radius 3 is 2.73 bits per heavy atom. The van der Waals surface area contributed by atoms with Crippen LogP contribution in [0, 0.1) is 16.7 Å². The summed E-state index contributed by atoms with van der Waals surface area (Å²) >= 11 is 11.9. The molecule has 0 amide bonds. The van der Waals surface area contributed by atoms with Gasteiger partial charge in [-0.25, -0.2) is 4.79 Å². The highest BCUT2D eigenvalue weighted by molar-refractivity contribution is 7.80. The molecule has 4 nitrogen and oxygen atoms in total. The number of nitrogens with one attached hydrogen (secondary N) is 1. The molecule has 1 N–H and O–H groups in total. The van der Waals surface area contributed by atoms with Crippen LogP contribution in [0.5, 0.6) is 0 Å². The summed E-state index contributed by atoms with van der Waals surface area (Å²) in [4.78, 5) is 13.1. The molecule has 2 atom stereocenters. The van der Waals surface area contributed by atoms with Crippen molar-refractivity contribution in [3.8, 4) is 6.07 Å². The summed E-state index contributed by atoms with van der Waals surface area (Å²) in [5, 5.41) is 13.5. The number of hydrogen-bond acceptors (Lipinski definition) is 4. The van der Waals surface area contributed by atoms with Crippen molar-refractivity contribution >= 4 is 34.8 Å². The molecule has 0 saturated carbocycles. The van der Waals surface area contributed by atoms with Gasteiger partial charge in [0, 0.05) is 16.6 Å². The molecule has 0 bridgehead atoms. The first kappa shape index (κ1) is 19.9. The molecule has 0 spiro atoms. The molecule has 134 valence electrons. The summed E-state index contributed by atoms with van der Waals surface area (Å²) in [7, 11) is 0. The number of halogens is 1. The largest absolute Gasteiger partial charge is 0.458 e. The monoisotopic (exact) mass is 386 g/mol. The lowest BCUT2D eigenvalue weighted by Gasteiger charge is -2.41. The van der Waals surface area contributed by atoms with Crippen molar-refractivity contribution in [2.45, 2.75) is 19.3 Å². The normalized spacial score (nSPS) is 22.2. The van der Waals surface area contributed by atoms with Gasteiger partial charge in [0.2, 0.25) is 0 Å². The van der Waals surface area contributed by atoms with Crippen molar-refractivity contribution in [1.82, 2.24) is 5.32 Å². The number of nitriles is 1. The van der Waals surface area contributed by atoms with Gasteiger partial charge in [-0.3, -0.25) is 0 Å². The Labute approximate surface area is 163 Å². The maximum atomic E-state index is 12.8. The van der Waals surface area contributed by atoms with Gasteiger partial charge in [-0.1, -0.05) is 60.7 Å². The second-order valence-electron chi connectivity index (χ2n) is 5.91. The lowest BCUT2D eigenvalue weighted by molar-refractivity contribution is -0.138. The van der Waals surface area contributed by atoms with E-state index in [9.17, 15) is 10.1 Å². The molecule has 2 rings (SSSR count). The van der Waals surface area contributed by atoms with Crippen LogP contribution in [0.2, 0.25) is 5.02 Å². The lowest BCUT2D eigenvalue weighted by Crippen LogP contribution is -2.49. The lowest BCUT2D eigenvalue weighted by atomic mass is 9.65. The number of benzene rings is 1. The van der Waals surface area contributed by atoms with Crippen molar-refractivity contribution in [2.24, 2.45) is 5.41 Å². The Balaban J connectivity index is 2.76. The van der Waals surface area contributed by atoms with Crippen LogP contribution in [0.15, 0.2) is 60.8 Å². The van der Waals surface area contributed by atoms with Crippen LogP contribution in [-0.2, 0) is 9.53 Å². The Bertz CT molecular complexity index is 840. The molecule has 6 heteroatoms.